The Balaban J connectivity index is 2.18. The van der Waals surface area contributed by atoms with Crippen molar-refractivity contribution in [2.45, 2.75) is 25.2 Å². The second-order valence-electron chi connectivity index (χ2n) is 6.03. The van der Waals surface area contributed by atoms with Crippen molar-refractivity contribution in [3.05, 3.63) is 88.5 Å². The van der Waals surface area contributed by atoms with E-state index in [4.69, 9.17) is 11.6 Å². The summed E-state index contributed by atoms with van der Waals surface area (Å²) in [5.41, 5.74) is 5.00. The normalized spacial score (nSPS) is 23.7. The Morgan fingerprint density at radius 3 is 2.43 bits per heavy atom. The van der Waals surface area contributed by atoms with Crippen LogP contribution in [0.15, 0.2) is 66.8 Å². The van der Waals surface area contributed by atoms with E-state index < -0.39 is 0 Å². The summed E-state index contributed by atoms with van der Waals surface area (Å²) in [5.74, 6) is 0.278. The van der Waals surface area contributed by atoms with Gasteiger partial charge in [-0.25, -0.2) is 0 Å². The van der Waals surface area contributed by atoms with E-state index in [1.807, 2.05) is 12.1 Å². The van der Waals surface area contributed by atoms with Gasteiger partial charge in [-0.1, -0.05) is 79.2 Å². The largest absolute Gasteiger partial charge is 0.0995 e. The predicted molar refractivity (Wildman–Crippen MR) is 91.8 cm³/mol. The van der Waals surface area contributed by atoms with Gasteiger partial charge in [0.05, 0.1) is 0 Å². The first-order valence-corrected chi connectivity index (χ1v) is 7.60. The lowest BCUT2D eigenvalue weighted by molar-refractivity contribution is 0.507. The first-order chi connectivity index (χ1) is 10.0. The molecule has 0 heterocycles. The summed E-state index contributed by atoms with van der Waals surface area (Å²) >= 11 is 6.04. The summed E-state index contributed by atoms with van der Waals surface area (Å²) in [6.45, 7) is 8.66. The topological polar surface area (TPSA) is 0 Å². The number of benzene rings is 2. The average Bonchev–Trinajstić information content (AvgIpc) is 2.47. The maximum Gasteiger partial charge on any atom is 0.0406 e. The monoisotopic (exact) mass is 294 g/mol. The van der Waals surface area contributed by atoms with Gasteiger partial charge in [0, 0.05) is 16.4 Å². The summed E-state index contributed by atoms with van der Waals surface area (Å²) in [6.07, 6.45) is 4.53. The van der Waals surface area contributed by atoms with Crippen LogP contribution < -0.4 is 0 Å². The van der Waals surface area contributed by atoms with Gasteiger partial charge in [-0.3, -0.25) is 0 Å². The molecule has 0 aromatic heterocycles. The molecule has 0 unspecified atom stereocenters. The smallest absolute Gasteiger partial charge is 0.0406 e. The quantitative estimate of drug-likeness (QED) is 0.597. The first-order valence-electron chi connectivity index (χ1n) is 7.22. The van der Waals surface area contributed by atoms with Gasteiger partial charge >= 0.3 is 0 Å². The Labute approximate surface area is 131 Å². The van der Waals surface area contributed by atoms with Gasteiger partial charge < -0.3 is 0 Å². The van der Waals surface area contributed by atoms with Crippen LogP contribution in [0.5, 0.6) is 0 Å². The highest BCUT2D eigenvalue weighted by atomic mass is 35.5. The molecule has 0 fully saturated rings. The van der Waals surface area contributed by atoms with Crippen molar-refractivity contribution in [2.75, 3.05) is 0 Å². The van der Waals surface area contributed by atoms with Crippen LogP contribution in [0, 0.1) is 0 Å². The van der Waals surface area contributed by atoms with Crippen LogP contribution in [0.3, 0.4) is 0 Å². The van der Waals surface area contributed by atoms with E-state index in [0.29, 0.717) is 0 Å². The lowest BCUT2D eigenvalue weighted by atomic mass is 9.63. The number of allylic oxidation sites excluding steroid dienone is 2. The molecular weight excluding hydrogens is 276 g/mol. The molecule has 0 nitrogen and oxygen atoms in total. The lowest BCUT2D eigenvalue weighted by Crippen LogP contribution is -2.31. The van der Waals surface area contributed by atoms with Crippen LogP contribution in [0.25, 0.3) is 6.08 Å². The maximum absolute atomic E-state index is 6.04. The number of hydrogen-bond donors (Lipinski definition) is 0. The molecule has 0 amide bonds. The Morgan fingerprint density at radius 2 is 1.76 bits per heavy atom. The van der Waals surface area contributed by atoms with Crippen molar-refractivity contribution < 1.29 is 0 Å². The molecule has 0 saturated heterocycles. The molecule has 106 valence electrons. The molecule has 1 aliphatic carbocycles. The minimum Gasteiger partial charge on any atom is -0.0995 e. The van der Waals surface area contributed by atoms with Crippen molar-refractivity contribution in [3.63, 3.8) is 0 Å². The van der Waals surface area contributed by atoms with Crippen LogP contribution in [-0.2, 0) is 5.41 Å². The summed E-state index contributed by atoms with van der Waals surface area (Å²) in [4.78, 5) is 0. The Hall–Kier alpha value is -1.79. The van der Waals surface area contributed by atoms with Gasteiger partial charge in [-0.15, -0.1) is 0 Å². The molecule has 1 heteroatoms. The van der Waals surface area contributed by atoms with Crippen LogP contribution in [0.4, 0.5) is 0 Å². The molecule has 21 heavy (non-hydrogen) atoms. The maximum atomic E-state index is 6.04. The average molecular weight is 295 g/mol. The van der Waals surface area contributed by atoms with E-state index in [-0.39, 0.29) is 11.3 Å². The van der Waals surface area contributed by atoms with E-state index >= 15 is 0 Å². The van der Waals surface area contributed by atoms with Crippen LogP contribution in [0.1, 0.15) is 36.5 Å². The van der Waals surface area contributed by atoms with Gasteiger partial charge in [0.2, 0.25) is 0 Å². The van der Waals surface area contributed by atoms with Gasteiger partial charge in [0.1, 0.15) is 0 Å². The number of halogens is 1. The van der Waals surface area contributed by atoms with E-state index in [1.54, 1.807) is 0 Å². The van der Waals surface area contributed by atoms with Gasteiger partial charge in [-0.2, -0.15) is 0 Å². The second-order valence-corrected chi connectivity index (χ2v) is 6.47. The van der Waals surface area contributed by atoms with E-state index in [2.05, 4.69) is 69.0 Å². The number of rotatable bonds is 2. The third-order valence-corrected chi connectivity index (χ3v) is 4.73. The molecule has 0 bridgehead atoms. The van der Waals surface area contributed by atoms with Crippen LogP contribution in [-0.4, -0.2) is 0 Å². The Bertz CT molecular complexity index is 709. The van der Waals surface area contributed by atoms with Crippen LogP contribution in [0.2, 0.25) is 5.02 Å². The summed E-state index contributed by atoms with van der Waals surface area (Å²) in [6, 6.07) is 16.8. The molecule has 3 rings (SSSR count). The molecular formula is C20H19Cl. The molecule has 2 aromatic carbocycles. The third-order valence-electron chi connectivity index (χ3n) is 4.47. The second kappa shape index (κ2) is 5.20. The fourth-order valence-electron chi connectivity index (χ4n) is 3.46. The predicted octanol–water partition coefficient (Wildman–Crippen LogP) is 5.98. The van der Waals surface area contributed by atoms with E-state index in [1.165, 1.54) is 22.3 Å². The SMILES string of the molecule is C=C(C)[C@H]1c2ccccc2C=C[C@]1(C)c1ccc(Cl)cc1. The molecule has 1 aliphatic rings. The minimum absolute atomic E-state index is 0.0925. The van der Waals surface area contributed by atoms with Gasteiger partial charge in [0.25, 0.3) is 0 Å². The van der Waals surface area contributed by atoms with Crippen molar-refractivity contribution >= 4 is 17.7 Å². The zero-order valence-corrected chi connectivity index (χ0v) is 13.2. The highest BCUT2D eigenvalue weighted by molar-refractivity contribution is 6.30. The first kappa shape index (κ1) is 14.2. The molecule has 2 atom stereocenters. The molecule has 0 spiro atoms. The number of hydrogen-bond acceptors (Lipinski definition) is 0. The highest BCUT2D eigenvalue weighted by Crippen LogP contribution is 2.48. The summed E-state index contributed by atoms with van der Waals surface area (Å²) < 4.78 is 0. The minimum atomic E-state index is -0.0925. The molecule has 0 aliphatic heterocycles. The molecule has 2 aromatic rings. The molecule has 0 N–H and O–H groups in total. The zero-order valence-electron chi connectivity index (χ0n) is 12.4. The van der Waals surface area contributed by atoms with Gasteiger partial charge in [-0.05, 0) is 35.7 Å². The molecule has 0 saturated carbocycles. The summed E-state index contributed by atoms with van der Waals surface area (Å²) in [5, 5.41) is 0.773. The van der Waals surface area contributed by atoms with E-state index in [0.717, 1.165) is 5.02 Å². The van der Waals surface area contributed by atoms with Crippen molar-refractivity contribution in [3.8, 4) is 0 Å². The highest BCUT2D eigenvalue weighted by Gasteiger charge is 2.38. The Morgan fingerprint density at radius 1 is 1.10 bits per heavy atom. The standard InChI is InChI=1S/C20H19Cl/c1-14(2)19-18-7-5-4-6-15(18)12-13-20(19,3)16-8-10-17(21)11-9-16/h4-13,19H,1H2,2-3H3/t19-,20+/m0/s1. The zero-order chi connectivity index (χ0) is 15.0. The summed E-state index contributed by atoms with van der Waals surface area (Å²) in [7, 11) is 0. The van der Waals surface area contributed by atoms with E-state index in [9.17, 15) is 0 Å². The van der Waals surface area contributed by atoms with Crippen molar-refractivity contribution in [1.29, 1.82) is 0 Å². The lowest BCUT2D eigenvalue weighted by Gasteiger charge is -2.40. The van der Waals surface area contributed by atoms with Crippen LogP contribution >= 0.6 is 11.6 Å². The van der Waals surface area contributed by atoms with Gasteiger partial charge in [0.15, 0.2) is 0 Å². The Kier molecular flexibility index (Phi) is 3.51. The third kappa shape index (κ3) is 2.34. The fourth-order valence-corrected chi connectivity index (χ4v) is 3.58. The fraction of sp³-hybridized carbons (Fsp3) is 0.200. The molecule has 0 radical (unpaired) electrons. The number of fused-ring (bicyclic) bond motifs is 1. The van der Waals surface area contributed by atoms with Crippen molar-refractivity contribution in [1.82, 2.24) is 0 Å². The van der Waals surface area contributed by atoms with Crippen molar-refractivity contribution in [2.24, 2.45) is 0 Å².